The van der Waals surface area contributed by atoms with Gasteiger partial charge in [0.1, 0.15) is 5.76 Å². The summed E-state index contributed by atoms with van der Waals surface area (Å²) in [6, 6.07) is 13.9. The summed E-state index contributed by atoms with van der Waals surface area (Å²) in [5, 5.41) is 11.1. The molecule has 0 saturated carbocycles. The number of aryl methyl sites for hydroxylation is 1. The van der Waals surface area contributed by atoms with Gasteiger partial charge in [0.15, 0.2) is 0 Å². The quantitative estimate of drug-likeness (QED) is 0.661. The lowest BCUT2D eigenvalue weighted by molar-refractivity contribution is 0.542. The lowest BCUT2D eigenvalue weighted by Crippen LogP contribution is -1.89. The van der Waals surface area contributed by atoms with Crippen molar-refractivity contribution in [1.82, 2.24) is 4.98 Å². The normalized spacial score (nSPS) is 10.5. The molecule has 0 atom stereocenters. The molecule has 0 saturated heterocycles. The molecular formula is C17H14N2OS2. The van der Waals surface area contributed by atoms with Crippen molar-refractivity contribution in [3.8, 4) is 16.8 Å². The van der Waals surface area contributed by atoms with Crippen molar-refractivity contribution in [3.05, 3.63) is 64.4 Å². The van der Waals surface area contributed by atoms with E-state index in [0.29, 0.717) is 5.89 Å². The number of thioether (sulfide) groups is 1. The van der Waals surface area contributed by atoms with Crippen LogP contribution in [0.2, 0.25) is 0 Å². The minimum Gasteiger partial charge on any atom is -0.440 e. The van der Waals surface area contributed by atoms with Crippen LogP contribution in [0.25, 0.3) is 10.8 Å². The summed E-state index contributed by atoms with van der Waals surface area (Å²) in [5.74, 6) is 3.13. The molecule has 1 aromatic carbocycles. The number of aromatic nitrogens is 1. The topological polar surface area (TPSA) is 49.8 Å². The van der Waals surface area contributed by atoms with Gasteiger partial charge in [-0.2, -0.15) is 17.0 Å². The van der Waals surface area contributed by atoms with Gasteiger partial charge < -0.3 is 4.42 Å². The van der Waals surface area contributed by atoms with Crippen LogP contribution in [0.15, 0.2) is 46.2 Å². The number of thiophene rings is 1. The average Bonchev–Trinajstić information content (AvgIpc) is 3.18. The van der Waals surface area contributed by atoms with Gasteiger partial charge in [-0.25, -0.2) is 4.98 Å². The van der Waals surface area contributed by atoms with Crippen molar-refractivity contribution in [2.24, 2.45) is 0 Å². The zero-order chi connectivity index (χ0) is 15.4. The number of hydrogen-bond donors (Lipinski definition) is 0. The molecule has 3 aromatic rings. The smallest absolute Gasteiger partial charge is 0.236 e. The molecule has 2 heterocycles. The highest BCUT2D eigenvalue weighted by Crippen LogP contribution is 2.28. The Bertz CT molecular complexity index is 800. The lowest BCUT2D eigenvalue weighted by Gasteiger charge is -2.02. The molecule has 0 unspecified atom stereocenters. The van der Waals surface area contributed by atoms with Gasteiger partial charge in [0.25, 0.3) is 0 Å². The third kappa shape index (κ3) is 3.24. The number of oxazole rings is 1. The Hall–Kier alpha value is -2.03. The summed E-state index contributed by atoms with van der Waals surface area (Å²) < 4.78 is 5.74. The monoisotopic (exact) mass is 326 g/mol. The number of nitrogens with zero attached hydrogens (tertiary/aromatic N) is 2. The SMILES string of the molecule is Cc1oc(-c2cccs2)nc1CSCc1ccccc1C#N. The molecule has 0 aliphatic rings. The second kappa shape index (κ2) is 6.82. The minimum atomic E-state index is 0.695. The van der Waals surface area contributed by atoms with Crippen LogP contribution in [0, 0.1) is 18.3 Å². The summed E-state index contributed by atoms with van der Waals surface area (Å²) in [4.78, 5) is 5.63. The molecule has 110 valence electrons. The summed E-state index contributed by atoms with van der Waals surface area (Å²) in [6.45, 7) is 1.95. The van der Waals surface area contributed by atoms with Gasteiger partial charge in [-0.05, 0) is 30.0 Å². The van der Waals surface area contributed by atoms with Crippen LogP contribution in [-0.2, 0) is 11.5 Å². The van der Waals surface area contributed by atoms with Gasteiger partial charge in [-0.15, -0.1) is 11.3 Å². The fraction of sp³-hybridized carbons (Fsp3) is 0.176. The zero-order valence-corrected chi connectivity index (χ0v) is 13.7. The van der Waals surface area contributed by atoms with Crippen molar-refractivity contribution in [3.63, 3.8) is 0 Å². The molecule has 3 nitrogen and oxygen atoms in total. The zero-order valence-electron chi connectivity index (χ0n) is 12.1. The molecule has 0 spiro atoms. The van der Waals surface area contributed by atoms with E-state index in [1.54, 1.807) is 23.1 Å². The first-order valence-corrected chi connectivity index (χ1v) is 8.87. The van der Waals surface area contributed by atoms with Crippen molar-refractivity contribution in [2.75, 3.05) is 0 Å². The van der Waals surface area contributed by atoms with Gasteiger partial charge in [-0.1, -0.05) is 24.3 Å². The summed E-state index contributed by atoms with van der Waals surface area (Å²) >= 11 is 3.37. The molecule has 0 amide bonds. The fourth-order valence-corrected chi connectivity index (χ4v) is 3.76. The fourth-order valence-electron chi connectivity index (χ4n) is 2.08. The number of hydrogen-bond acceptors (Lipinski definition) is 5. The predicted molar refractivity (Wildman–Crippen MR) is 90.7 cm³/mol. The van der Waals surface area contributed by atoms with Crippen LogP contribution >= 0.6 is 23.1 Å². The Balaban J connectivity index is 1.66. The molecule has 22 heavy (non-hydrogen) atoms. The second-order valence-corrected chi connectivity index (χ2v) is 6.69. The van der Waals surface area contributed by atoms with Crippen molar-refractivity contribution in [1.29, 1.82) is 5.26 Å². The predicted octanol–water partition coefficient (Wildman–Crippen LogP) is 5.02. The molecule has 3 rings (SSSR count). The largest absolute Gasteiger partial charge is 0.440 e. The van der Waals surface area contributed by atoms with E-state index in [4.69, 9.17) is 9.68 Å². The molecule has 2 aromatic heterocycles. The van der Waals surface area contributed by atoms with Gasteiger partial charge in [-0.3, -0.25) is 0 Å². The van der Waals surface area contributed by atoms with E-state index >= 15 is 0 Å². The second-order valence-electron chi connectivity index (χ2n) is 4.76. The van der Waals surface area contributed by atoms with Gasteiger partial charge >= 0.3 is 0 Å². The first-order chi connectivity index (χ1) is 10.8. The summed E-state index contributed by atoms with van der Waals surface area (Å²) in [5.41, 5.74) is 2.78. The first-order valence-electron chi connectivity index (χ1n) is 6.84. The van der Waals surface area contributed by atoms with Gasteiger partial charge in [0, 0.05) is 11.5 Å². The average molecular weight is 326 g/mol. The molecule has 5 heteroatoms. The van der Waals surface area contributed by atoms with E-state index in [2.05, 4.69) is 11.1 Å². The van der Waals surface area contributed by atoms with Crippen LogP contribution in [0.3, 0.4) is 0 Å². The Morgan fingerprint density at radius 2 is 2.09 bits per heavy atom. The van der Waals surface area contributed by atoms with Crippen LogP contribution in [0.5, 0.6) is 0 Å². The van der Waals surface area contributed by atoms with Crippen molar-refractivity contribution >= 4 is 23.1 Å². The molecule has 0 aliphatic carbocycles. The number of nitriles is 1. The van der Waals surface area contributed by atoms with Crippen molar-refractivity contribution in [2.45, 2.75) is 18.4 Å². The van der Waals surface area contributed by atoms with E-state index in [-0.39, 0.29) is 0 Å². The standard InChI is InChI=1S/C17H14N2OS2/c1-12-15(19-17(20-12)16-7-4-8-22-16)11-21-10-14-6-3-2-5-13(14)9-18/h2-8H,10-11H2,1H3. The molecule has 0 radical (unpaired) electrons. The lowest BCUT2D eigenvalue weighted by atomic mass is 10.1. The highest BCUT2D eigenvalue weighted by molar-refractivity contribution is 7.97. The Kier molecular flexibility index (Phi) is 4.62. The summed E-state index contributed by atoms with van der Waals surface area (Å²) in [6.07, 6.45) is 0. The Morgan fingerprint density at radius 1 is 1.23 bits per heavy atom. The van der Waals surface area contributed by atoms with Gasteiger partial charge in [0.2, 0.25) is 5.89 Å². The Labute approximate surface area is 137 Å². The van der Waals surface area contributed by atoms with Crippen LogP contribution in [-0.4, -0.2) is 4.98 Å². The minimum absolute atomic E-state index is 0.695. The molecular weight excluding hydrogens is 312 g/mol. The van der Waals surface area contributed by atoms with Gasteiger partial charge in [0.05, 0.1) is 22.2 Å². The molecule has 0 fully saturated rings. The third-order valence-corrected chi connectivity index (χ3v) is 5.11. The highest BCUT2D eigenvalue weighted by atomic mass is 32.2. The number of benzene rings is 1. The van der Waals surface area contributed by atoms with E-state index in [1.165, 1.54) is 0 Å². The maximum Gasteiger partial charge on any atom is 0.236 e. The number of rotatable bonds is 5. The van der Waals surface area contributed by atoms with E-state index in [1.807, 2.05) is 48.7 Å². The summed E-state index contributed by atoms with van der Waals surface area (Å²) in [7, 11) is 0. The third-order valence-electron chi connectivity index (χ3n) is 3.26. The van der Waals surface area contributed by atoms with Crippen LogP contribution in [0.1, 0.15) is 22.6 Å². The maximum absolute atomic E-state index is 9.10. The highest BCUT2D eigenvalue weighted by Gasteiger charge is 2.12. The molecule has 0 N–H and O–H groups in total. The van der Waals surface area contributed by atoms with E-state index < -0.39 is 0 Å². The van der Waals surface area contributed by atoms with Crippen molar-refractivity contribution < 1.29 is 4.42 Å². The van der Waals surface area contributed by atoms with Crippen LogP contribution in [0.4, 0.5) is 0 Å². The van der Waals surface area contributed by atoms with E-state index in [9.17, 15) is 0 Å². The molecule has 0 aliphatic heterocycles. The van der Waals surface area contributed by atoms with Crippen LogP contribution < -0.4 is 0 Å². The first kappa shape index (κ1) is 14.9. The maximum atomic E-state index is 9.10. The van der Waals surface area contributed by atoms with E-state index in [0.717, 1.165) is 39.0 Å². The Morgan fingerprint density at radius 3 is 2.86 bits per heavy atom. The molecule has 0 bridgehead atoms.